The van der Waals surface area contributed by atoms with Crippen LogP contribution in [0.5, 0.6) is 0 Å². The van der Waals surface area contributed by atoms with Gasteiger partial charge in [-0.3, -0.25) is 9.52 Å². The number of rotatable bonds is 6. The van der Waals surface area contributed by atoms with Gasteiger partial charge in [-0.25, -0.2) is 8.42 Å². The number of aliphatic carboxylic acids is 1. The quantitative estimate of drug-likeness (QED) is 0.840. The molecule has 0 saturated heterocycles. The zero-order chi connectivity index (χ0) is 17.2. The molecule has 2 N–H and O–H groups in total. The summed E-state index contributed by atoms with van der Waals surface area (Å²) < 4.78 is 26.6. The van der Waals surface area contributed by atoms with Gasteiger partial charge in [-0.2, -0.15) is 0 Å². The van der Waals surface area contributed by atoms with E-state index >= 15 is 0 Å². The zero-order valence-corrected chi connectivity index (χ0v) is 14.6. The maximum Gasteiger partial charge on any atom is 0.313 e. The smallest absolute Gasteiger partial charge is 0.313 e. The molecule has 22 heavy (non-hydrogen) atoms. The normalized spacial score (nSPS) is 13.0. The predicted molar refractivity (Wildman–Crippen MR) is 88.6 cm³/mol. The van der Waals surface area contributed by atoms with Gasteiger partial charge < -0.3 is 5.11 Å². The van der Waals surface area contributed by atoms with Crippen LogP contribution < -0.4 is 4.72 Å². The van der Waals surface area contributed by atoms with Crippen LogP contribution in [0.4, 0.5) is 5.69 Å². The van der Waals surface area contributed by atoms with Gasteiger partial charge in [0.2, 0.25) is 10.0 Å². The molecule has 0 heterocycles. The standard InChI is InChI=1S/C16H25NO4S/c1-15(2,3)10-11-22(20,21)17-13-8-6-12(7-9-13)16(4,5)14(18)19/h6-9,17H,10-11H2,1-5H3,(H,18,19). The van der Waals surface area contributed by atoms with Crippen LogP contribution in [0, 0.1) is 5.41 Å². The minimum Gasteiger partial charge on any atom is -0.481 e. The van der Waals surface area contributed by atoms with Crippen LogP contribution in [0.2, 0.25) is 0 Å². The SMILES string of the molecule is CC(C)(C)CCS(=O)(=O)Nc1ccc(C(C)(C)C(=O)O)cc1. The average Bonchev–Trinajstić information content (AvgIpc) is 2.36. The molecule has 0 aliphatic heterocycles. The number of sulfonamides is 1. The maximum absolute atomic E-state index is 12.0. The van der Waals surface area contributed by atoms with Gasteiger partial charge in [0.15, 0.2) is 0 Å². The Morgan fingerprint density at radius 2 is 1.59 bits per heavy atom. The number of carbonyl (C=O) groups is 1. The molecule has 0 aliphatic rings. The van der Waals surface area contributed by atoms with Crippen molar-refractivity contribution in [2.24, 2.45) is 5.41 Å². The first-order valence-corrected chi connectivity index (χ1v) is 8.83. The lowest BCUT2D eigenvalue weighted by Gasteiger charge is -2.20. The molecule has 0 aliphatic carbocycles. The third-order valence-corrected chi connectivity index (χ3v) is 4.82. The van der Waals surface area contributed by atoms with Gasteiger partial charge in [0.05, 0.1) is 11.2 Å². The fourth-order valence-corrected chi connectivity index (χ4v) is 3.23. The number of carboxylic acids is 1. The first-order valence-electron chi connectivity index (χ1n) is 7.18. The molecule has 6 heteroatoms. The molecule has 0 spiro atoms. The highest BCUT2D eigenvalue weighted by Gasteiger charge is 2.29. The fourth-order valence-electron chi connectivity index (χ4n) is 1.75. The Hall–Kier alpha value is -1.56. The summed E-state index contributed by atoms with van der Waals surface area (Å²) in [5.41, 5.74) is 0.00444. The molecule has 0 saturated carbocycles. The van der Waals surface area contributed by atoms with E-state index in [2.05, 4.69) is 4.72 Å². The second-order valence-corrected chi connectivity index (χ2v) is 9.08. The van der Waals surface area contributed by atoms with Crippen molar-refractivity contribution in [3.8, 4) is 0 Å². The summed E-state index contributed by atoms with van der Waals surface area (Å²) in [5.74, 6) is -0.871. The number of hydrogen-bond acceptors (Lipinski definition) is 3. The zero-order valence-electron chi connectivity index (χ0n) is 13.8. The molecule has 1 rings (SSSR count). The molecule has 0 bridgehead atoms. The van der Waals surface area contributed by atoms with E-state index in [0.29, 0.717) is 17.7 Å². The minimum atomic E-state index is -3.40. The molecule has 0 unspecified atom stereocenters. The molecule has 1 aromatic rings. The predicted octanol–water partition coefficient (Wildman–Crippen LogP) is 3.23. The molecule has 0 radical (unpaired) electrons. The van der Waals surface area contributed by atoms with Crippen LogP contribution in [0.1, 0.15) is 46.6 Å². The van der Waals surface area contributed by atoms with Crippen molar-refractivity contribution in [1.29, 1.82) is 0 Å². The number of carboxylic acid groups (broad SMARTS) is 1. The van der Waals surface area contributed by atoms with Crippen molar-refractivity contribution in [3.63, 3.8) is 0 Å². The first-order chi connectivity index (χ1) is 9.83. The van der Waals surface area contributed by atoms with Crippen molar-refractivity contribution in [2.45, 2.75) is 46.5 Å². The van der Waals surface area contributed by atoms with Crippen molar-refractivity contribution in [1.82, 2.24) is 0 Å². The summed E-state index contributed by atoms with van der Waals surface area (Å²) in [4.78, 5) is 11.2. The maximum atomic E-state index is 12.0. The topological polar surface area (TPSA) is 83.5 Å². The Labute approximate surface area is 132 Å². The average molecular weight is 327 g/mol. The summed E-state index contributed by atoms with van der Waals surface area (Å²) in [7, 11) is -3.40. The van der Waals surface area contributed by atoms with Crippen LogP contribution in [0.3, 0.4) is 0 Å². The van der Waals surface area contributed by atoms with Crippen molar-refractivity contribution in [3.05, 3.63) is 29.8 Å². The third kappa shape index (κ3) is 5.33. The fraction of sp³-hybridized carbons (Fsp3) is 0.562. The van der Waals surface area contributed by atoms with Crippen LogP contribution in [-0.4, -0.2) is 25.2 Å². The monoisotopic (exact) mass is 327 g/mol. The number of benzene rings is 1. The Morgan fingerprint density at radius 1 is 1.09 bits per heavy atom. The number of anilines is 1. The van der Waals surface area contributed by atoms with E-state index in [9.17, 15) is 18.3 Å². The van der Waals surface area contributed by atoms with Crippen LogP contribution in [0.15, 0.2) is 24.3 Å². The van der Waals surface area contributed by atoms with Crippen LogP contribution in [-0.2, 0) is 20.2 Å². The highest BCUT2D eigenvalue weighted by molar-refractivity contribution is 7.92. The Balaban J connectivity index is 2.82. The lowest BCUT2D eigenvalue weighted by atomic mass is 9.85. The summed E-state index contributed by atoms with van der Waals surface area (Å²) in [6.45, 7) is 9.19. The molecule has 0 amide bonds. The van der Waals surface area contributed by atoms with Gasteiger partial charge in [0.1, 0.15) is 0 Å². The molecule has 0 fully saturated rings. The summed E-state index contributed by atoms with van der Waals surface area (Å²) in [5, 5.41) is 9.19. The first kappa shape index (κ1) is 18.5. The molecule has 0 atom stereocenters. The summed E-state index contributed by atoms with van der Waals surface area (Å²) >= 11 is 0. The van der Waals surface area contributed by atoms with Crippen LogP contribution in [0.25, 0.3) is 0 Å². The minimum absolute atomic E-state index is 0.0515. The Bertz CT molecular complexity index is 625. The van der Waals surface area contributed by atoms with E-state index in [1.807, 2.05) is 20.8 Å². The summed E-state index contributed by atoms with van der Waals surface area (Å²) in [6.07, 6.45) is 0.562. The van der Waals surface area contributed by atoms with Gasteiger partial charge in [-0.15, -0.1) is 0 Å². The van der Waals surface area contributed by atoms with Gasteiger partial charge >= 0.3 is 5.97 Å². The lowest BCUT2D eigenvalue weighted by Crippen LogP contribution is -2.28. The Morgan fingerprint density at radius 3 is 2.00 bits per heavy atom. The van der Waals surface area contributed by atoms with E-state index in [0.717, 1.165) is 0 Å². The molecule has 0 aromatic heterocycles. The summed E-state index contributed by atoms with van der Waals surface area (Å²) in [6, 6.07) is 6.45. The van der Waals surface area contributed by atoms with Crippen molar-refractivity contribution < 1.29 is 18.3 Å². The third-order valence-electron chi connectivity index (χ3n) is 3.54. The van der Waals surface area contributed by atoms with Gasteiger partial charge in [-0.05, 0) is 43.4 Å². The number of nitrogens with one attached hydrogen (secondary N) is 1. The van der Waals surface area contributed by atoms with Crippen molar-refractivity contribution in [2.75, 3.05) is 10.5 Å². The van der Waals surface area contributed by atoms with Gasteiger partial charge in [0.25, 0.3) is 0 Å². The molecule has 5 nitrogen and oxygen atoms in total. The van der Waals surface area contributed by atoms with Crippen LogP contribution >= 0.6 is 0 Å². The van der Waals surface area contributed by atoms with Crippen molar-refractivity contribution >= 4 is 21.7 Å². The highest BCUT2D eigenvalue weighted by atomic mass is 32.2. The van der Waals surface area contributed by atoms with E-state index in [4.69, 9.17) is 0 Å². The Kier molecular flexibility index (Phi) is 5.28. The van der Waals surface area contributed by atoms with E-state index in [1.54, 1.807) is 38.1 Å². The second kappa shape index (κ2) is 6.28. The van der Waals surface area contributed by atoms with E-state index in [-0.39, 0.29) is 11.2 Å². The molecular formula is C16H25NO4S. The molecule has 1 aromatic carbocycles. The van der Waals surface area contributed by atoms with Gasteiger partial charge in [0, 0.05) is 5.69 Å². The largest absolute Gasteiger partial charge is 0.481 e. The second-order valence-electron chi connectivity index (χ2n) is 7.24. The highest BCUT2D eigenvalue weighted by Crippen LogP contribution is 2.25. The van der Waals surface area contributed by atoms with Gasteiger partial charge in [-0.1, -0.05) is 32.9 Å². The molecular weight excluding hydrogens is 302 g/mol. The molecule has 124 valence electrons. The number of hydrogen-bond donors (Lipinski definition) is 2. The van der Waals surface area contributed by atoms with E-state index < -0.39 is 21.4 Å². The van der Waals surface area contributed by atoms with E-state index in [1.165, 1.54) is 0 Å². The lowest BCUT2D eigenvalue weighted by molar-refractivity contribution is -0.142.